The smallest absolute Gasteiger partial charge is 0.155 e. The Labute approximate surface area is 164 Å². The summed E-state index contributed by atoms with van der Waals surface area (Å²) in [4.78, 5) is 18.9. The van der Waals surface area contributed by atoms with Crippen LogP contribution >= 0.6 is 39.2 Å². The van der Waals surface area contributed by atoms with Crippen LogP contribution in [0.5, 0.6) is 17.2 Å². The lowest BCUT2D eigenvalue weighted by atomic mass is 10.0. The Morgan fingerprint density at radius 2 is 1.72 bits per heavy atom. The zero-order chi connectivity index (χ0) is 18.8. The number of ether oxygens (including phenoxy) is 1. The third kappa shape index (κ3) is 5.87. The van der Waals surface area contributed by atoms with E-state index in [1.807, 2.05) is 32.0 Å². The summed E-state index contributed by atoms with van der Waals surface area (Å²) in [6, 6.07) is 8.94. The van der Waals surface area contributed by atoms with Crippen molar-refractivity contribution in [2.45, 2.75) is 26.2 Å². The van der Waals surface area contributed by atoms with Crippen LogP contribution in [0.4, 0.5) is 0 Å². The first-order valence-corrected chi connectivity index (χ1v) is 11.4. The quantitative estimate of drug-likeness (QED) is 0.457. The largest absolute Gasteiger partial charge is 0.508 e. The predicted molar refractivity (Wildman–Crippen MR) is 111 cm³/mol. The minimum atomic E-state index is -3.03. The molecular formula is C18H21Br2O4P. The van der Waals surface area contributed by atoms with Crippen LogP contribution in [-0.4, -0.2) is 27.4 Å². The Hall–Kier alpha value is -0.780. The highest BCUT2D eigenvalue weighted by atomic mass is 79.9. The summed E-state index contributed by atoms with van der Waals surface area (Å²) < 4.78 is 7.48. The van der Waals surface area contributed by atoms with Crippen LogP contribution in [0.1, 0.15) is 30.9 Å². The van der Waals surface area contributed by atoms with Gasteiger partial charge in [-0.15, -0.1) is 0 Å². The van der Waals surface area contributed by atoms with E-state index < -0.39 is 7.34 Å². The molecule has 0 saturated carbocycles. The minimum Gasteiger partial charge on any atom is -0.508 e. The molecule has 0 fully saturated rings. The highest BCUT2D eigenvalue weighted by Gasteiger charge is 2.14. The van der Waals surface area contributed by atoms with Crippen molar-refractivity contribution < 1.29 is 19.6 Å². The molecule has 2 aromatic carbocycles. The molecule has 0 atom stereocenters. The standard InChI is InChI=1S/C18H21Br2O4P/c1-11(2)14-10-13(4-5-17(14)21)24-18-15(19)8-12(9-16(18)20)6-7-25(3,22)23/h4-5,8-11,21-23H,3,6-7H2,1-2H3. The Morgan fingerprint density at radius 1 is 1.12 bits per heavy atom. The molecule has 4 nitrogen and oxygen atoms in total. The van der Waals surface area contributed by atoms with Crippen LogP contribution in [0, 0.1) is 0 Å². The second-order valence-electron chi connectivity index (χ2n) is 6.22. The Bertz CT molecular complexity index is 792. The molecule has 0 aliphatic heterocycles. The summed E-state index contributed by atoms with van der Waals surface area (Å²) >= 11 is 7.00. The average molecular weight is 492 g/mol. The van der Waals surface area contributed by atoms with Crippen LogP contribution in [-0.2, 0) is 6.42 Å². The van der Waals surface area contributed by atoms with Crippen LogP contribution in [0.3, 0.4) is 0 Å². The van der Waals surface area contributed by atoms with Gasteiger partial charge in [0, 0.05) is 11.7 Å². The van der Waals surface area contributed by atoms with Crippen LogP contribution in [0.15, 0.2) is 39.3 Å². The van der Waals surface area contributed by atoms with Crippen molar-refractivity contribution in [1.82, 2.24) is 0 Å². The fourth-order valence-corrected chi connectivity index (χ4v) is 4.40. The van der Waals surface area contributed by atoms with Crippen molar-refractivity contribution in [1.29, 1.82) is 0 Å². The molecule has 2 rings (SSSR count). The first-order chi connectivity index (χ1) is 11.6. The molecule has 2 aromatic rings. The number of aryl methyl sites for hydroxylation is 1. The number of halogens is 2. The zero-order valence-electron chi connectivity index (χ0n) is 14.0. The molecule has 0 bridgehead atoms. The molecule has 0 aliphatic rings. The van der Waals surface area contributed by atoms with E-state index in [2.05, 4.69) is 38.2 Å². The van der Waals surface area contributed by atoms with Gasteiger partial charge in [0.15, 0.2) is 5.75 Å². The van der Waals surface area contributed by atoms with Gasteiger partial charge in [0.25, 0.3) is 0 Å². The van der Waals surface area contributed by atoms with E-state index in [1.54, 1.807) is 12.1 Å². The number of benzene rings is 2. The zero-order valence-corrected chi connectivity index (χ0v) is 18.1. The predicted octanol–water partition coefficient (Wildman–Crippen LogP) is 5.64. The molecule has 3 N–H and O–H groups in total. The van der Waals surface area contributed by atoms with Crippen molar-refractivity contribution in [3.8, 4) is 17.2 Å². The summed E-state index contributed by atoms with van der Waals surface area (Å²) in [6.45, 7) is 4.01. The summed E-state index contributed by atoms with van der Waals surface area (Å²) in [5.41, 5.74) is 1.76. The lowest BCUT2D eigenvalue weighted by Gasteiger charge is -2.15. The SMILES string of the molecule is C=P(O)(O)CCc1cc(Br)c(Oc2ccc(O)c(C(C)C)c2)c(Br)c1. The number of phenolic OH excluding ortho intramolecular Hbond substituents is 1. The number of phenols is 1. The molecule has 7 heteroatoms. The van der Waals surface area contributed by atoms with Crippen molar-refractivity contribution in [3.63, 3.8) is 0 Å². The van der Waals surface area contributed by atoms with E-state index in [9.17, 15) is 14.9 Å². The van der Waals surface area contributed by atoms with Gasteiger partial charge in [-0.1, -0.05) is 20.1 Å². The topological polar surface area (TPSA) is 69.9 Å². The summed E-state index contributed by atoms with van der Waals surface area (Å²) in [5.74, 6) is 1.68. The summed E-state index contributed by atoms with van der Waals surface area (Å²) in [6.07, 6.45) is 4.14. The fourth-order valence-electron chi connectivity index (χ4n) is 2.34. The van der Waals surface area contributed by atoms with Gasteiger partial charge in [0.2, 0.25) is 0 Å². The van der Waals surface area contributed by atoms with Gasteiger partial charge < -0.3 is 19.6 Å². The maximum absolute atomic E-state index is 9.92. The van der Waals surface area contributed by atoms with Gasteiger partial charge in [0.05, 0.1) is 8.95 Å². The van der Waals surface area contributed by atoms with E-state index in [0.717, 1.165) is 20.1 Å². The van der Waals surface area contributed by atoms with Gasteiger partial charge in [-0.2, -0.15) is 0 Å². The number of aromatic hydroxyl groups is 1. The minimum absolute atomic E-state index is 0.182. The summed E-state index contributed by atoms with van der Waals surface area (Å²) in [7, 11) is -3.03. The Kier molecular flexibility index (Phi) is 6.80. The fraction of sp³-hybridized carbons (Fsp3) is 0.278. The highest BCUT2D eigenvalue weighted by Crippen LogP contribution is 2.41. The second kappa shape index (κ2) is 8.28. The normalized spacial score (nSPS) is 11.8. The third-order valence-corrected chi connectivity index (χ3v) is 5.78. The lowest BCUT2D eigenvalue weighted by Crippen LogP contribution is -1.96. The van der Waals surface area contributed by atoms with Gasteiger partial charge in [0.1, 0.15) is 18.8 Å². The number of hydrogen-bond acceptors (Lipinski definition) is 4. The van der Waals surface area contributed by atoms with Crippen molar-refractivity contribution >= 4 is 45.5 Å². The lowest BCUT2D eigenvalue weighted by molar-refractivity contribution is 0.453. The molecule has 0 aromatic heterocycles. The van der Waals surface area contributed by atoms with Gasteiger partial charge in [-0.25, -0.2) is 0 Å². The van der Waals surface area contributed by atoms with E-state index >= 15 is 0 Å². The Morgan fingerprint density at radius 3 is 2.24 bits per heavy atom. The summed E-state index contributed by atoms with van der Waals surface area (Å²) in [5, 5.41) is 9.92. The van der Waals surface area contributed by atoms with Crippen LogP contribution in [0.25, 0.3) is 0 Å². The molecule has 0 unspecified atom stereocenters. The first kappa shape index (κ1) is 20.5. The van der Waals surface area contributed by atoms with E-state index in [4.69, 9.17) is 4.74 Å². The number of hydrogen-bond donors (Lipinski definition) is 3. The molecule has 0 aliphatic carbocycles. The Balaban J connectivity index is 2.26. The first-order valence-electron chi connectivity index (χ1n) is 7.73. The van der Waals surface area contributed by atoms with E-state index in [1.165, 1.54) is 0 Å². The maximum Gasteiger partial charge on any atom is 0.155 e. The van der Waals surface area contributed by atoms with Gasteiger partial charge in [-0.3, -0.25) is 0 Å². The van der Waals surface area contributed by atoms with Crippen LogP contribution in [0.2, 0.25) is 0 Å². The van der Waals surface area contributed by atoms with Gasteiger partial charge >= 0.3 is 0 Å². The van der Waals surface area contributed by atoms with E-state index in [-0.39, 0.29) is 17.8 Å². The molecule has 0 heterocycles. The maximum atomic E-state index is 9.92. The molecule has 0 radical (unpaired) electrons. The van der Waals surface area contributed by atoms with Crippen molar-refractivity contribution in [2.24, 2.45) is 0 Å². The molecule has 0 amide bonds. The highest BCUT2D eigenvalue weighted by molar-refractivity contribution is 9.11. The molecule has 136 valence electrons. The monoisotopic (exact) mass is 490 g/mol. The molecule has 25 heavy (non-hydrogen) atoms. The molecule has 0 spiro atoms. The van der Waals surface area contributed by atoms with E-state index in [0.29, 0.717) is 17.9 Å². The molecular weight excluding hydrogens is 471 g/mol. The molecule has 0 saturated heterocycles. The third-order valence-electron chi connectivity index (χ3n) is 3.66. The van der Waals surface area contributed by atoms with Crippen molar-refractivity contribution in [3.05, 3.63) is 50.4 Å². The number of rotatable bonds is 6. The van der Waals surface area contributed by atoms with Crippen molar-refractivity contribution in [2.75, 3.05) is 6.16 Å². The van der Waals surface area contributed by atoms with Crippen LogP contribution < -0.4 is 4.74 Å². The average Bonchev–Trinajstić information content (AvgIpc) is 2.49. The van der Waals surface area contributed by atoms with Gasteiger partial charge in [-0.05, 0) is 80.1 Å². The second-order valence-corrected chi connectivity index (χ2v) is 10.1.